The van der Waals surface area contributed by atoms with E-state index < -0.39 is 5.97 Å². The molecule has 164 valence electrons. The SMILES string of the molecule is COC(=O)c1[nH]cc(-c2ccc(OC)c(OC)c2)c1-c1cc(OC)c(OC)cc1OC. The lowest BCUT2D eigenvalue weighted by Crippen LogP contribution is -2.04. The molecule has 0 amide bonds. The summed E-state index contributed by atoms with van der Waals surface area (Å²) in [5.41, 5.74) is 3.05. The number of nitrogens with one attached hydrogen (secondary N) is 1. The summed E-state index contributed by atoms with van der Waals surface area (Å²) in [6, 6.07) is 8.98. The number of hydrogen-bond donors (Lipinski definition) is 1. The second-order valence-electron chi connectivity index (χ2n) is 6.42. The van der Waals surface area contributed by atoms with Crippen LogP contribution in [0.5, 0.6) is 28.7 Å². The van der Waals surface area contributed by atoms with Crippen molar-refractivity contribution in [3.05, 3.63) is 42.2 Å². The highest BCUT2D eigenvalue weighted by Crippen LogP contribution is 2.46. The molecule has 8 heteroatoms. The standard InChI is InChI=1S/C23H25NO7/c1-26-16-8-7-13(9-18(16)28-3)15-12-24-22(23(25)31-6)21(15)14-10-19(29-4)20(30-5)11-17(14)27-2/h7-12,24H,1-6H3. The Balaban J connectivity index is 2.32. The number of benzene rings is 2. The van der Waals surface area contributed by atoms with Crippen LogP contribution in [0.25, 0.3) is 22.3 Å². The largest absolute Gasteiger partial charge is 0.496 e. The summed E-state index contributed by atoms with van der Waals surface area (Å²) in [4.78, 5) is 15.6. The number of aromatic amines is 1. The van der Waals surface area contributed by atoms with Gasteiger partial charge in [0.25, 0.3) is 0 Å². The molecule has 0 saturated carbocycles. The van der Waals surface area contributed by atoms with Crippen molar-refractivity contribution < 1.29 is 33.2 Å². The lowest BCUT2D eigenvalue weighted by Gasteiger charge is -2.16. The van der Waals surface area contributed by atoms with Gasteiger partial charge < -0.3 is 33.4 Å². The van der Waals surface area contributed by atoms with E-state index in [0.717, 1.165) is 11.1 Å². The first-order valence-electron chi connectivity index (χ1n) is 9.35. The van der Waals surface area contributed by atoms with Gasteiger partial charge in [-0.3, -0.25) is 0 Å². The number of H-pyrrole nitrogens is 1. The molecule has 1 aromatic heterocycles. The van der Waals surface area contributed by atoms with Crippen LogP contribution in [0.4, 0.5) is 0 Å². The molecule has 3 rings (SSSR count). The molecular formula is C23H25NO7. The fourth-order valence-corrected chi connectivity index (χ4v) is 3.42. The van der Waals surface area contributed by atoms with Crippen molar-refractivity contribution >= 4 is 5.97 Å². The van der Waals surface area contributed by atoms with Crippen molar-refractivity contribution in [3.63, 3.8) is 0 Å². The number of ether oxygens (including phenoxy) is 6. The topological polar surface area (TPSA) is 88.2 Å². The zero-order valence-electron chi connectivity index (χ0n) is 18.3. The summed E-state index contributed by atoms with van der Waals surface area (Å²) in [5.74, 6) is 2.15. The van der Waals surface area contributed by atoms with Crippen LogP contribution in [-0.2, 0) is 4.74 Å². The molecule has 0 unspecified atom stereocenters. The molecule has 2 aromatic carbocycles. The molecule has 3 aromatic rings. The van der Waals surface area contributed by atoms with E-state index in [1.54, 1.807) is 59.9 Å². The first-order chi connectivity index (χ1) is 15.0. The predicted molar refractivity (Wildman–Crippen MR) is 116 cm³/mol. The van der Waals surface area contributed by atoms with Crippen LogP contribution in [0.1, 0.15) is 10.5 Å². The van der Waals surface area contributed by atoms with E-state index in [1.165, 1.54) is 7.11 Å². The molecular weight excluding hydrogens is 402 g/mol. The van der Waals surface area contributed by atoms with E-state index in [0.29, 0.717) is 39.9 Å². The van der Waals surface area contributed by atoms with Gasteiger partial charge in [-0.15, -0.1) is 0 Å². The molecule has 0 aliphatic carbocycles. The second-order valence-corrected chi connectivity index (χ2v) is 6.42. The van der Waals surface area contributed by atoms with E-state index in [4.69, 9.17) is 28.4 Å². The van der Waals surface area contributed by atoms with Crippen molar-refractivity contribution in [2.75, 3.05) is 42.7 Å². The van der Waals surface area contributed by atoms with Gasteiger partial charge in [0.15, 0.2) is 23.0 Å². The van der Waals surface area contributed by atoms with Crippen molar-refractivity contribution in [1.82, 2.24) is 4.98 Å². The quantitative estimate of drug-likeness (QED) is 0.540. The zero-order valence-corrected chi connectivity index (χ0v) is 18.3. The number of methoxy groups -OCH3 is 6. The third-order valence-electron chi connectivity index (χ3n) is 4.94. The van der Waals surface area contributed by atoms with Crippen LogP contribution in [0, 0.1) is 0 Å². The summed E-state index contributed by atoms with van der Waals surface area (Å²) in [6.45, 7) is 0. The number of carbonyl (C=O) groups is 1. The van der Waals surface area contributed by atoms with Gasteiger partial charge in [-0.25, -0.2) is 4.79 Å². The van der Waals surface area contributed by atoms with Crippen LogP contribution in [0.3, 0.4) is 0 Å². The molecule has 31 heavy (non-hydrogen) atoms. The molecule has 0 aliphatic heterocycles. The highest BCUT2D eigenvalue weighted by molar-refractivity contribution is 6.02. The first-order valence-corrected chi connectivity index (χ1v) is 9.35. The molecule has 1 N–H and O–H groups in total. The molecule has 8 nitrogen and oxygen atoms in total. The fourth-order valence-electron chi connectivity index (χ4n) is 3.42. The lowest BCUT2D eigenvalue weighted by atomic mass is 9.95. The van der Waals surface area contributed by atoms with Crippen molar-refractivity contribution in [2.45, 2.75) is 0 Å². The summed E-state index contributed by atoms with van der Waals surface area (Å²) in [7, 11) is 9.10. The minimum absolute atomic E-state index is 0.276. The van der Waals surface area contributed by atoms with E-state index >= 15 is 0 Å². The van der Waals surface area contributed by atoms with Crippen molar-refractivity contribution in [3.8, 4) is 51.0 Å². The minimum atomic E-state index is -0.515. The van der Waals surface area contributed by atoms with E-state index in [1.807, 2.05) is 12.1 Å². The summed E-state index contributed by atoms with van der Waals surface area (Å²) < 4.78 is 32.2. The highest BCUT2D eigenvalue weighted by Gasteiger charge is 2.25. The van der Waals surface area contributed by atoms with Crippen LogP contribution in [0.2, 0.25) is 0 Å². The Labute approximate surface area is 180 Å². The van der Waals surface area contributed by atoms with Gasteiger partial charge in [0.1, 0.15) is 11.4 Å². The van der Waals surface area contributed by atoms with Gasteiger partial charge in [0, 0.05) is 29.0 Å². The van der Waals surface area contributed by atoms with Gasteiger partial charge in [0.05, 0.1) is 42.7 Å². The Morgan fingerprint density at radius 1 is 0.677 bits per heavy atom. The zero-order chi connectivity index (χ0) is 22.5. The van der Waals surface area contributed by atoms with E-state index in [2.05, 4.69) is 4.98 Å². The molecule has 0 saturated heterocycles. The molecule has 1 heterocycles. The Morgan fingerprint density at radius 2 is 1.26 bits per heavy atom. The van der Waals surface area contributed by atoms with Crippen LogP contribution in [-0.4, -0.2) is 53.6 Å². The normalized spacial score (nSPS) is 10.4. The van der Waals surface area contributed by atoms with Gasteiger partial charge >= 0.3 is 5.97 Å². The Hall–Kier alpha value is -3.81. The second kappa shape index (κ2) is 9.34. The minimum Gasteiger partial charge on any atom is -0.496 e. The third-order valence-corrected chi connectivity index (χ3v) is 4.94. The lowest BCUT2D eigenvalue weighted by molar-refractivity contribution is 0.0595. The third kappa shape index (κ3) is 3.96. The van der Waals surface area contributed by atoms with Gasteiger partial charge in [-0.2, -0.15) is 0 Å². The Kier molecular flexibility index (Phi) is 6.59. The van der Waals surface area contributed by atoms with Gasteiger partial charge in [-0.05, 0) is 23.8 Å². The fraction of sp³-hybridized carbons (Fsp3) is 0.261. The van der Waals surface area contributed by atoms with Gasteiger partial charge in [0.2, 0.25) is 0 Å². The smallest absolute Gasteiger partial charge is 0.355 e. The van der Waals surface area contributed by atoms with E-state index in [9.17, 15) is 4.79 Å². The number of esters is 1. The number of hydrogen-bond acceptors (Lipinski definition) is 7. The van der Waals surface area contributed by atoms with Crippen LogP contribution >= 0.6 is 0 Å². The Morgan fingerprint density at radius 3 is 1.84 bits per heavy atom. The van der Waals surface area contributed by atoms with Gasteiger partial charge in [-0.1, -0.05) is 6.07 Å². The molecule has 0 spiro atoms. The Bertz CT molecular complexity index is 1090. The van der Waals surface area contributed by atoms with Crippen molar-refractivity contribution in [1.29, 1.82) is 0 Å². The maximum absolute atomic E-state index is 12.6. The predicted octanol–water partition coefficient (Wildman–Crippen LogP) is 4.18. The van der Waals surface area contributed by atoms with Crippen LogP contribution < -0.4 is 23.7 Å². The molecule has 0 atom stereocenters. The molecule has 0 bridgehead atoms. The monoisotopic (exact) mass is 427 g/mol. The molecule has 0 fully saturated rings. The average Bonchev–Trinajstić information content (AvgIpc) is 3.26. The molecule has 0 aliphatic rings. The maximum atomic E-state index is 12.6. The highest BCUT2D eigenvalue weighted by atomic mass is 16.5. The number of carbonyl (C=O) groups excluding carboxylic acids is 1. The summed E-state index contributed by atoms with van der Waals surface area (Å²) >= 11 is 0. The number of aromatic nitrogens is 1. The average molecular weight is 427 g/mol. The summed E-state index contributed by atoms with van der Waals surface area (Å²) in [6.07, 6.45) is 1.74. The van der Waals surface area contributed by atoms with Crippen molar-refractivity contribution in [2.24, 2.45) is 0 Å². The summed E-state index contributed by atoms with van der Waals surface area (Å²) in [5, 5.41) is 0. The molecule has 0 radical (unpaired) electrons. The van der Waals surface area contributed by atoms with Crippen LogP contribution in [0.15, 0.2) is 36.5 Å². The first kappa shape index (κ1) is 21.9. The van der Waals surface area contributed by atoms with E-state index in [-0.39, 0.29) is 5.69 Å². The maximum Gasteiger partial charge on any atom is 0.355 e. The number of rotatable bonds is 8.